The standard InChI is InChI=1S/C19H16IN3O3S/c1-2-27(25,26)18-11-10-17(22-23-18)14-4-3-5-16(12-14)21-19(24)13-6-8-15(20)9-7-13/h3-12H,2H2,1H3,(H,21,24). The maximum Gasteiger partial charge on any atom is 0.255 e. The summed E-state index contributed by atoms with van der Waals surface area (Å²) in [5.41, 5.74) is 2.43. The van der Waals surface area contributed by atoms with Gasteiger partial charge < -0.3 is 5.32 Å². The van der Waals surface area contributed by atoms with Crippen LogP contribution in [0.2, 0.25) is 0 Å². The second-order valence-corrected chi connectivity index (χ2v) is 9.17. The summed E-state index contributed by atoms with van der Waals surface area (Å²) >= 11 is 2.18. The second kappa shape index (κ2) is 8.13. The number of anilines is 1. The van der Waals surface area contributed by atoms with Crippen molar-refractivity contribution >= 4 is 44.0 Å². The van der Waals surface area contributed by atoms with Gasteiger partial charge in [-0.05, 0) is 71.1 Å². The zero-order valence-corrected chi connectivity index (χ0v) is 17.4. The predicted octanol–water partition coefficient (Wildman–Crippen LogP) is 3.79. The van der Waals surface area contributed by atoms with Crippen molar-refractivity contribution in [2.24, 2.45) is 0 Å². The van der Waals surface area contributed by atoms with Crippen LogP contribution in [0.1, 0.15) is 17.3 Å². The van der Waals surface area contributed by atoms with Crippen LogP contribution < -0.4 is 5.32 Å². The zero-order chi connectivity index (χ0) is 19.4. The third-order valence-corrected chi connectivity index (χ3v) is 6.20. The van der Waals surface area contributed by atoms with Crippen molar-refractivity contribution in [2.75, 3.05) is 11.1 Å². The van der Waals surface area contributed by atoms with E-state index >= 15 is 0 Å². The van der Waals surface area contributed by atoms with Gasteiger partial charge in [0.05, 0.1) is 11.4 Å². The van der Waals surface area contributed by atoms with E-state index < -0.39 is 9.84 Å². The molecule has 0 unspecified atom stereocenters. The third kappa shape index (κ3) is 4.69. The maximum absolute atomic E-state index is 12.4. The number of hydrogen-bond donors (Lipinski definition) is 1. The van der Waals surface area contributed by atoms with E-state index in [-0.39, 0.29) is 16.7 Å². The molecule has 0 radical (unpaired) electrons. The molecular weight excluding hydrogens is 477 g/mol. The summed E-state index contributed by atoms with van der Waals surface area (Å²) in [4.78, 5) is 12.4. The van der Waals surface area contributed by atoms with Crippen molar-refractivity contribution in [2.45, 2.75) is 11.9 Å². The first-order valence-electron chi connectivity index (χ1n) is 8.13. The average Bonchev–Trinajstić information content (AvgIpc) is 2.69. The molecule has 0 bridgehead atoms. The molecule has 3 aromatic rings. The van der Waals surface area contributed by atoms with Gasteiger partial charge in [0.2, 0.25) is 0 Å². The second-order valence-electron chi connectivity index (χ2n) is 5.70. The van der Waals surface area contributed by atoms with E-state index in [1.165, 1.54) is 6.07 Å². The quantitative estimate of drug-likeness (QED) is 0.547. The number of nitrogens with zero attached hydrogens (tertiary/aromatic N) is 2. The highest BCUT2D eigenvalue weighted by Crippen LogP contribution is 2.22. The van der Waals surface area contributed by atoms with E-state index in [1.54, 1.807) is 43.3 Å². The van der Waals surface area contributed by atoms with Gasteiger partial charge in [-0.15, -0.1) is 10.2 Å². The fourth-order valence-electron chi connectivity index (χ4n) is 2.35. The Labute approximate surface area is 171 Å². The largest absolute Gasteiger partial charge is 0.322 e. The molecule has 1 N–H and O–H groups in total. The van der Waals surface area contributed by atoms with Gasteiger partial charge in [0.15, 0.2) is 14.9 Å². The number of amides is 1. The summed E-state index contributed by atoms with van der Waals surface area (Å²) in [7, 11) is -3.39. The van der Waals surface area contributed by atoms with Crippen LogP contribution in [0.25, 0.3) is 11.3 Å². The Hall–Kier alpha value is -2.33. The number of carbonyl (C=O) groups is 1. The molecule has 0 aliphatic rings. The highest BCUT2D eigenvalue weighted by atomic mass is 127. The molecule has 0 spiro atoms. The number of halogens is 1. The Morgan fingerprint density at radius 1 is 1.04 bits per heavy atom. The summed E-state index contributed by atoms with van der Waals surface area (Å²) in [5.74, 6) is -0.236. The number of nitrogens with one attached hydrogen (secondary N) is 1. The molecule has 3 rings (SSSR count). The molecule has 0 saturated carbocycles. The van der Waals surface area contributed by atoms with Gasteiger partial charge in [-0.3, -0.25) is 4.79 Å². The smallest absolute Gasteiger partial charge is 0.255 e. The number of hydrogen-bond acceptors (Lipinski definition) is 5. The molecule has 27 heavy (non-hydrogen) atoms. The molecule has 1 aromatic heterocycles. The summed E-state index contributed by atoms with van der Waals surface area (Å²) in [6, 6.07) is 17.5. The van der Waals surface area contributed by atoms with Crippen LogP contribution in [0.5, 0.6) is 0 Å². The van der Waals surface area contributed by atoms with Crippen molar-refractivity contribution in [3.8, 4) is 11.3 Å². The van der Waals surface area contributed by atoms with Gasteiger partial charge in [0.25, 0.3) is 5.91 Å². The van der Waals surface area contributed by atoms with Gasteiger partial charge in [-0.2, -0.15) is 0 Å². The van der Waals surface area contributed by atoms with Gasteiger partial charge in [-0.1, -0.05) is 19.1 Å². The minimum atomic E-state index is -3.39. The van der Waals surface area contributed by atoms with Gasteiger partial charge in [0.1, 0.15) is 0 Å². The minimum Gasteiger partial charge on any atom is -0.322 e. The molecule has 1 amide bonds. The molecule has 0 aliphatic heterocycles. The highest BCUT2D eigenvalue weighted by molar-refractivity contribution is 14.1. The molecule has 2 aromatic carbocycles. The Kier molecular flexibility index (Phi) is 5.85. The van der Waals surface area contributed by atoms with Crippen LogP contribution in [0.4, 0.5) is 5.69 Å². The molecule has 6 nitrogen and oxygen atoms in total. The number of benzene rings is 2. The van der Waals surface area contributed by atoms with Crippen LogP contribution in [0, 0.1) is 3.57 Å². The van der Waals surface area contributed by atoms with Crippen molar-refractivity contribution in [1.82, 2.24) is 10.2 Å². The lowest BCUT2D eigenvalue weighted by molar-refractivity contribution is 0.102. The summed E-state index contributed by atoms with van der Waals surface area (Å²) < 4.78 is 24.7. The van der Waals surface area contributed by atoms with Crippen molar-refractivity contribution < 1.29 is 13.2 Å². The Bertz CT molecular complexity index is 1070. The molecular formula is C19H16IN3O3S. The number of sulfone groups is 1. The Balaban J connectivity index is 1.81. The van der Waals surface area contributed by atoms with Crippen molar-refractivity contribution in [1.29, 1.82) is 0 Å². The first-order chi connectivity index (χ1) is 12.9. The van der Waals surface area contributed by atoms with Gasteiger partial charge in [-0.25, -0.2) is 8.42 Å². The van der Waals surface area contributed by atoms with Crippen LogP contribution in [0.3, 0.4) is 0 Å². The average molecular weight is 493 g/mol. The minimum absolute atomic E-state index is 0.0267. The Morgan fingerprint density at radius 3 is 2.41 bits per heavy atom. The number of rotatable bonds is 5. The van der Waals surface area contributed by atoms with Crippen LogP contribution >= 0.6 is 22.6 Å². The normalized spacial score (nSPS) is 11.2. The Morgan fingerprint density at radius 2 is 1.78 bits per heavy atom. The van der Waals surface area contributed by atoms with Crippen molar-refractivity contribution in [3.05, 3.63) is 69.8 Å². The first kappa shape index (κ1) is 19.4. The van der Waals surface area contributed by atoms with Crippen LogP contribution in [-0.2, 0) is 9.84 Å². The lowest BCUT2D eigenvalue weighted by Gasteiger charge is -2.08. The molecule has 8 heteroatoms. The predicted molar refractivity (Wildman–Crippen MR) is 112 cm³/mol. The van der Waals surface area contributed by atoms with E-state index in [2.05, 4.69) is 38.1 Å². The van der Waals surface area contributed by atoms with E-state index in [0.717, 1.165) is 9.13 Å². The topological polar surface area (TPSA) is 89.0 Å². The lowest BCUT2D eigenvalue weighted by Crippen LogP contribution is -2.11. The summed E-state index contributed by atoms with van der Waals surface area (Å²) in [6.07, 6.45) is 0. The molecule has 0 aliphatic carbocycles. The van der Waals surface area contributed by atoms with Crippen LogP contribution in [-0.4, -0.2) is 30.3 Å². The third-order valence-electron chi connectivity index (χ3n) is 3.86. The van der Waals surface area contributed by atoms with E-state index in [1.807, 2.05) is 18.2 Å². The van der Waals surface area contributed by atoms with Gasteiger partial charge >= 0.3 is 0 Å². The number of aromatic nitrogens is 2. The van der Waals surface area contributed by atoms with E-state index in [4.69, 9.17) is 0 Å². The fraction of sp³-hybridized carbons (Fsp3) is 0.105. The van der Waals surface area contributed by atoms with Gasteiger partial charge in [0, 0.05) is 20.4 Å². The molecule has 138 valence electrons. The molecule has 1 heterocycles. The SMILES string of the molecule is CCS(=O)(=O)c1ccc(-c2cccc(NC(=O)c3ccc(I)cc3)c2)nn1. The van der Waals surface area contributed by atoms with E-state index in [9.17, 15) is 13.2 Å². The number of carbonyl (C=O) groups excluding carboxylic acids is 1. The summed E-state index contributed by atoms with van der Waals surface area (Å²) in [6.45, 7) is 1.56. The molecule has 0 saturated heterocycles. The lowest BCUT2D eigenvalue weighted by atomic mass is 10.1. The highest BCUT2D eigenvalue weighted by Gasteiger charge is 2.14. The molecule has 0 fully saturated rings. The zero-order valence-electron chi connectivity index (χ0n) is 14.4. The van der Waals surface area contributed by atoms with Crippen LogP contribution in [0.15, 0.2) is 65.7 Å². The summed E-state index contributed by atoms with van der Waals surface area (Å²) in [5, 5.41) is 10.6. The first-order valence-corrected chi connectivity index (χ1v) is 10.9. The van der Waals surface area contributed by atoms with Crippen molar-refractivity contribution in [3.63, 3.8) is 0 Å². The maximum atomic E-state index is 12.4. The van der Waals surface area contributed by atoms with E-state index in [0.29, 0.717) is 16.9 Å². The molecule has 0 atom stereocenters. The fourth-order valence-corrected chi connectivity index (χ4v) is 3.44. The monoisotopic (exact) mass is 493 g/mol.